The van der Waals surface area contributed by atoms with Crippen molar-refractivity contribution in [3.8, 4) is 5.69 Å². The highest BCUT2D eigenvalue weighted by atomic mass is 16.1. The quantitative estimate of drug-likeness (QED) is 0.820. The van der Waals surface area contributed by atoms with Crippen molar-refractivity contribution in [2.45, 2.75) is 52.9 Å². The summed E-state index contributed by atoms with van der Waals surface area (Å²) in [5.74, 6) is 0.269. The lowest BCUT2D eigenvalue weighted by Gasteiger charge is -2.29. The molecule has 0 atom stereocenters. The standard InChI is InChI=1S/C23H27N3O2/c1-14-21-19(12-23(2,3)13-20(21)27)26(25-14)17-8-9-18(22(24)28)16(11-17)10-15-6-4-5-7-15/h4-5,8-9,11,15H,6-7,10,12-13H2,1-3H3,(H2,24,28). The second-order valence-electron chi connectivity index (χ2n) is 8.98. The fourth-order valence-corrected chi connectivity index (χ4v) is 4.63. The van der Waals surface area contributed by atoms with Crippen LogP contribution in [-0.2, 0) is 12.8 Å². The number of fused-ring (bicyclic) bond motifs is 1. The van der Waals surface area contributed by atoms with Gasteiger partial charge in [-0.25, -0.2) is 4.68 Å². The van der Waals surface area contributed by atoms with E-state index in [1.54, 1.807) is 6.07 Å². The molecule has 0 unspecified atom stereocenters. The van der Waals surface area contributed by atoms with Crippen molar-refractivity contribution in [2.75, 3.05) is 0 Å². The summed E-state index contributed by atoms with van der Waals surface area (Å²) in [4.78, 5) is 24.6. The zero-order chi connectivity index (χ0) is 20.1. The fourth-order valence-electron chi connectivity index (χ4n) is 4.63. The summed E-state index contributed by atoms with van der Waals surface area (Å²) in [6, 6.07) is 5.71. The van der Waals surface area contributed by atoms with E-state index in [1.165, 1.54) is 0 Å². The summed E-state index contributed by atoms with van der Waals surface area (Å²) < 4.78 is 1.89. The molecule has 0 spiro atoms. The minimum Gasteiger partial charge on any atom is -0.366 e. The SMILES string of the molecule is Cc1nn(-c2ccc(C(N)=O)c(CC3CC=CC3)c2)c2c1C(=O)CC(C)(C)C2. The molecule has 0 radical (unpaired) electrons. The number of aryl methyl sites for hydroxylation is 1. The molecule has 2 aromatic rings. The molecule has 1 heterocycles. The lowest BCUT2D eigenvalue weighted by Crippen LogP contribution is -2.28. The van der Waals surface area contributed by atoms with Crippen molar-refractivity contribution >= 4 is 11.7 Å². The molecule has 0 saturated heterocycles. The van der Waals surface area contributed by atoms with Gasteiger partial charge in [-0.05, 0) is 67.7 Å². The Morgan fingerprint density at radius 3 is 2.64 bits per heavy atom. The summed E-state index contributed by atoms with van der Waals surface area (Å²) >= 11 is 0. The molecule has 1 amide bonds. The maximum absolute atomic E-state index is 12.7. The molecule has 0 aliphatic heterocycles. The smallest absolute Gasteiger partial charge is 0.248 e. The molecule has 2 N–H and O–H groups in total. The van der Waals surface area contributed by atoms with Gasteiger partial charge in [-0.3, -0.25) is 9.59 Å². The van der Waals surface area contributed by atoms with Crippen LogP contribution in [0.2, 0.25) is 0 Å². The van der Waals surface area contributed by atoms with Crippen LogP contribution in [0.1, 0.15) is 70.8 Å². The van der Waals surface area contributed by atoms with Crippen molar-refractivity contribution in [3.63, 3.8) is 0 Å². The lowest BCUT2D eigenvalue weighted by atomic mass is 9.75. The largest absolute Gasteiger partial charge is 0.366 e. The van der Waals surface area contributed by atoms with Crippen LogP contribution in [0.15, 0.2) is 30.4 Å². The Labute approximate surface area is 165 Å². The Bertz CT molecular complexity index is 990. The molecular weight excluding hydrogens is 350 g/mol. The molecule has 0 bridgehead atoms. The molecule has 28 heavy (non-hydrogen) atoms. The number of carbonyl (C=O) groups excluding carboxylic acids is 2. The van der Waals surface area contributed by atoms with Gasteiger partial charge in [0.15, 0.2) is 5.78 Å². The summed E-state index contributed by atoms with van der Waals surface area (Å²) in [6.07, 6.45) is 8.61. The highest BCUT2D eigenvalue weighted by Gasteiger charge is 2.35. The highest BCUT2D eigenvalue weighted by molar-refractivity contribution is 6.00. The lowest BCUT2D eigenvalue weighted by molar-refractivity contribution is 0.0909. The van der Waals surface area contributed by atoms with Gasteiger partial charge in [0.25, 0.3) is 0 Å². The van der Waals surface area contributed by atoms with Crippen LogP contribution in [0.25, 0.3) is 5.69 Å². The van der Waals surface area contributed by atoms with E-state index < -0.39 is 5.91 Å². The predicted molar refractivity (Wildman–Crippen MR) is 109 cm³/mol. The molecule has 146 valence electrons. The molecule has 5 nitrogen and oxygen atoms in total. The summed E-state index contributed by atoms with van der Waals surface area (Å²) in [7, 11) is 0. The van der Waals surface area contributed by atoms with Gasteiger partial charge in [0.05, 0.1) is 22.6 Å². The molecular formula is C23H27N3O2. The fraction of sp³-hybridized carbons (Fsp3) is 0.435. The van der Waals surface area contributed by atoms with Crippen molar-refractivity contribution in [3.05, 3.63) is 58.4 Å². The zero-order valence-electron chi connectivity index (χ0n) is 16.8. The number of benzene rings is 1. The molecule has 5 heteroatoms. The van der Waals surface area contributed by atoms with Gasteiger partial charge in [0.1, 0.15) is 0 Å². The number of primary amides is 1. The first kappa shape index (κ1) is 18.7. The number of nitrogens with two attached hydrogens (primary N) is 1. The Morgan fingerprint density at radius 1 is 1.25 bits per heavy atom. The van der Waals surface area contributed by atoms with Gasteiger partial charge in [-0.2, -0.15) is 5.10 Å². The van der Waals surface area contributed by atoms with Crippen molar-refractivity contribution in [2.24, 2.45) is 17.1 Å². The third-order valence-electron chi connectivity index (χ3n) is 5.93. The highest BCUT2D eigenvalue weighted by Crippen LogP contribution is 2.37. The number of nitrogens with zero attached hydrogens (tertiary/aromatic N) is 2. The average molecular weight is 377 g/mol. The van der Waals surface area contributed by atoms with E-state index in [1.807, 2.05) is 23.7 Å². The number of carbonyl (C=O) groups is 2. The molecule has 4 rings (SSSR count). The van der Waals surface area contributed by atoms with E-state index >= 15 is 0 Å². The third-order valence-corrected chi connectivity index (χ3v) is 5.93. The Kier molecular flexibility index (Phi) is 4.48. The normalized spacial score (nSPS) is 18.5. The van der Waals surface area contributed by atoms with Crippen LogP contribution in [0.5, 0.6) is 0 Å². The van der Waals surface area contributed by atoms with E-state index in [0.29, 0.717) is 17.9 Å². The van der Waals surface area contributed by atoms with Crippen molar-refractivity contribution in [1.82, 2.24) is 9.78 Å². The summed E-state index contributed by atoms with van der Waals surface area (Å²) in [5.41, 5.74) is 10.5. The first-order chi connectivity index (χ1) is 13.2. The number of allylic oxidation sites excluding steroid dienone is 2. The average Bonchev–Trinajstić information content (AvgIpc) is 3.21. The maximum atomic E-state index is 12.7. The first-order valence-corrected chi connectivity index (χ1v) is 9.95. The number of hydrogen-bond acceptors (Lipinski definition) is 3. The van der Waals surface area contributed by atoms with Crippen molar-refractivity contribution in [1.29, 1.82) is 0 Å². The van der Waals surface area contributed by atoms with Gasteiger partial charge in [-0.15, -0.1) is 0 Å². The Morgan fingerprint density at radius 2 is 1.96 bits per heavy atom. The summed E-state index contributed by atoms with van der Waals surface area (Å²) in [5, 5.41) is 4.69. The van der Waals surface area contributed by atoms with Gasteiger partial charge in [0, 0.05) is 12.0 Å². The van der Waals surface area contributed by atoms with E-state index in [9.17, 15) is 9.59 Å². The molecule has 0 saturated carbocycles. The third kappa shape index (κ3) is 3.30. The second-order valence-corrected chi connectivity index (χ2v) is 8.98. The number of ketones is 1. The predicted octanol–water partition coefficient (Wildman–Crippen LogP) is 3.94. The number of aromatic nitrogens is 2. The zero-order valence-corrected chi connectivity index (χ0v) is 16.8. The minimum absolute atomic E-state index is 0.0835. The molecule has 1 aromatic carbocycles. The molecule has 2 aliphatic carbocycles. The maximum Gasteiger partial charge on any atom is 0.248 e. The van der Waals surface area contributed by atoms with Gasteiger partial charge >= 0.3 is 0 Å². The minimum atomic E-state index is -0.400. The number of hydrogen-bond donors (Lipinski definition) is 1. The van der Waals surface area contributed by atoms with Gasteiger partial charge in [0.2, 0.25) is 5.91 Å². The Hall–Kier alpha value is -2.69. The number of Topliss-reactive ketones (excluding diaryl/α,β-unsaturated/α-hetero) is 1. The van der Waals surface area contributed by atoms with Crippen LogP contribution in [0, 0.1) is 18.3 Å². The van der Waals surface area contributed by atoms with E-state index in [-0.39, 0.29) is 11.2 Å². The van der Waals surface area contributed by atoms with Crippen LogP contribution in [0.3, 0.4) is 0 Å². The second kappa shape index (κ2) is 6.73. The van der Waals surface area contributed by atoms with Gasteiger partial charge < -0.3 is 5.73 Å². The molecule has 1 aromatic heterocycles. The monoisotopic (exact) mass is 377 g/mol. The van der Waals surface area contributed by atoms with Crippen LogP contribution < -0.4 is 5.73 Å². The number of rotatable bonds is 4. The van der Waals surface area contributed by atoms with Crippen molar-refractivity contribution < 1.29 is 9.59 Å². The summed E-state index contributed by atoms with van der Waals surface area (Å²) in [6.45, 7) is 6.14. The first-order valence-electron chi connectivity index (χ1n) is 9.95. The Balaban J connectivity index is 1.79. The van der Waals surface area contributed by atoms with Crippen LogP contribution in [-0.4, -0.2) is 21.5 Å². The van der Waals surface area contributed by atoms with Crippen LogP contribution in [0.4, 0.5) is 0 Å². The topological polar surface area (TPSA) is 78.0 Å². The molecule has 0 fully saturated rings. The van der Waals surface area contributed by atoms with Crippen LogP contribution >= 0.6 is 0 Å². The van der Waals surface area contributed by atoms with E-state index in [2.05, 4.69) is 26.0 Å². The van der Waals surface area contributed by atoms with E-state index in [0.717, 1.165) is 53.9 Å². The molecule has 2 aliphatic rings. The van der Waals surface area contributed by atoms with E-state index in [4.69, 9.17) is 10.8 Å². The van der Waals surface area contributed by atoms with Gasteiger partial charge in [-0.1, -0.05) is 26.0 Å². The number of amides is 1.